The van der Waals surface area contributed by atoms with Gasteiger partial charge in [-0.25, -0.2) is 4.98 Å². The molecule has 5 heteroatoms. The number of aromatic nitrogens is 1. The van der Waals surface area contributed by atoms with Gasteiger partial charge in [0.05, 0.1) is 5.69 Å². The molecule has 0 saturated heterocycles. The fourth-order valence-corrected chi connectivity index (χ4v) is 2.57. The van der Waals surface area contributed by atoms with Crippen LogP contribution < -0.4 is 10.2 Å². The fourth-order valence-electron chi connectivity index (χ4n) is 1.75. The summed E-state index contributed by atoms with van der Waals surface area (Å²) in [7, 11) is 3.96. The van der Waals surface area contributed by atoms with E-state index in [1.165, 1.54) is 0 Å². The van der Waals surface area contributed by atoms with Crippen LogP contribution in [0.5, 0.6) is 0 Å². The van der Waals surface area contributed by atoms with Gasteiger partial charge in [0.25, 0.3) is 0 Å². The van der Waals surface area contributed by atoms with E-state index in [1.54, 1.807) is 6.20 Å². The summed E-state index contributed by atoms with van der Waals surface area (Å²) in [4.78, 5) is 6.34. The Morgan fingerprint density at radius 3 is 2.79 bits per heavy atom. The number of anilines is 2. The van der Waals surface area contributed by atoms with Crippen molar-refractivity contribution in [3.8, 4) is 0 Å². The van der Waals surface area contributed by atoms with Crippen LogP contribution in [0.4, 0.5) is 11.5 Å². The molecule has 0 unspecified atom stereocenters. The fraction of sp³-hybridized carbons (Fsp3) is 0.214. The van der Waals surface area contributed by atoms with Crippen molar-refractivity contribution in [1.82, 2.24) is 4.98 Å². The summed E-state index contributed by atoms with van der Waals surface area (Å²) in [5, 5.41) is 4.12. The normalized spacial score (nSPS) is 10.3. The average molecular weight is 341 g/mol. The molecule has 0 aliphatic heterocycles. The maximum absolute atomic E-state index is 5.93. The van der Waals surface area contributed by atoms with Crippen molar-refractivity contribution in [2.24, 2.45) is 0 Å². The lowest BCUT2D eigenvalue weighted by Crippen LogP contribution is -2.13. The minimum Gasteiger partial charge on any atom is -0.378 e. The van der Waals surface area contributed by atoms with E-state index in [-0.39, 0.29) is 0 Å². The molecule has 1 aromatic carbocycles. The molecule has 2 aromatic rings. The SMILES string of the molecule is CN(C)c1ncccc1NCc1ccc(Cl)cc1Br. The van der Waals surface area contributed by atoms with Crippen molar-refractivity contribution in [2.45, 2.75) is 6.54 Å². The maximum Gasteiger partial charge on any atom is 0.151 e. The maximum atomic E-state index is 5.93. The van der Waals surface area contributed by atoms with Gasteiger partial charge in [0, 0.05) is 36.3 Å². The molecule has 3 nitrogen and oxygen atoms in total. The first-order valence-corrected chi connectivity index (χ1v) is 7.05. The zero-order valence-electron chi connectivity index (χ0n) is 10.8. The Hall–Kier alpha value is -1.26. The monoisotopic (exact) mass is 339 g/mol. The van der Waals surface area contributed by atoms with E-state index in [9.17, 15) is 0 Å². The molecule has 0 fully saturated rings. The van der Waals surface area contributed by atoms with E-state index in [4.69, 9.17) is 11.6 Å². The molecule has 0 saturated carbocycles. The lowest BCUT2D eigenvalue weighted by atomic mass is 10.2. The first kappa shape index (κ1) is 14.2. The molecule has 0 atom stereocenters. The Kier molecular flexibility index (Phi) is 4.66. The molecule has 0 bridgehead atoms. The van der Waals surface area contributed by atoms with E-state index in [2.05, 4.69) is 26.2 Å². The topological polar surface area (TPSA) is 28.2 Å². The highest BCUT2D eigenvalue weighted by Gasteiger charge is 2.06. The van der Waals surface area contributed by atoms with Gasteiger partial charge in [-0.3, -0.25) is 0 Å². The molecule has 0 aliphatic rings. The van der Waals surface area contributed by atoms with Gasteiger partial charge in [0.2, 0.25) is 0 Å². The van der Waals surface area contributed by atoms with Crippen molar-refractivity contribution >= 4 is 39.0 Å². The molecule has 0 radical (unpaired) electrons. The molecule has 0 aliphatic carbocycles. The van der Waals surface area contributed by atoms with E-state index in [0.717, 1.165) is 26.6 Å². The highest BCUT2D eigenvalue weighted by atomic mass is 79.9. The van der Waals surface area contributed by atoms with Crippen LogP contribution in [-0.4, -0.2) is 19.1 Å². The summed E-state index contributed by atoms with van der Waals surface area (Å²) < 4.78 is 1.00. The summed E-state index contributed by atoms with van der Waals surface area (Å²) in [5.41, 5.74) is 2.16. The number of benzene rings is 1. The van der Waals surface area contributed by atoms with Gasteiger partial charge in [-0.15, -0.1) is 0 Å². The van der Waals surface area contributed by atoms with Gasteiger partial charge in [-0.2, -0.15) is 0 Å². The largest absolute Gasteiger partial charge is 0.378 e. The Labute approximate surface area is 126 Å². The average Bonchev–Trinajstić information content (AvgIpc) is 2.38. The Balaban J connectivity index is 2.14. The van der Waals surface area contributed by atoms with Crippen molar-refractivity contribution in [1.29, 1.82) is 0 Å². The highest BCUT2D eigenvalue weighted by molar-refractivity contribution is 9.10. The number of halogens is 2. The molecular formula is C14H15BrClN3. The molecular weight excluding hydrogens is 326 g/mol. The predicted octanol–water partition coefficient (Wildman–Crippen LogP) is 4.18. The Morgan fingerprint density at radius 2 is 2.11 bits per heavy atom. The van der Waals surface area contributed by atoms with E-state index in [0.29, 0.717) is 6.54 Å². The second-order valence-corrected chi connectivity index (χ2v) is 5.65. The number of rotatable bonds is 4. The smallest absolute Gasteiger partial charge is 0.151 e. The van der Waals surface area contributed by atoms with Crippen molar-refractivity contribution in [3.05, 3.63) is 51.6 Å². The number of hydrogen-bond donors (Lipinski definition) is 1. The number of nitrogens with zero attached hydrogens (tertiary/aromatic N) is 2. The molecule has 100 valence electrons. The Morgan fingerprint density at radius 1 is 1.32 bits per heavy atom. The van der Waals surface area contributed by atoms with Gasteiger partial charge in [0.15, 0.2) is 5.82 Å². The van der Waals surface area contributed by atoms with Gasteiger partial charge in [0.1, 0.15) is 0 Å². The second-order valence-electron chi connectivity index (χ2n) is 4.36. The zero-order chi connectivity index (χ0) is 13.8. The van der Waals surface area contributed by atoms with Crippen LogP contribution in [0.25, 0.3) is 0 Å². The third kappa shape index (κ3) is 3.61. The summed E-state index contributed by atoms with van der Waals surface area (Å²) >= 11 is 9.45. The minimum atomic E-state index is 0.713. The third-order valence-electron chi connectivity index (χ3n) is 2.69. The van der Waals surface area contributed by atoms with Crippen LogP contribution in [-0.2, 0) is 6.54 Å². The van der Waals surface area contributed by atoms with Gasteiger partial charge in [-0.1, -0.05) is 33.6 Å². The van der Waals surface area contributed by atoms with Gasteiger partial charge in [-0.05, 0) is 29.8 Å². The standard InChI is InChI=1S/C14H15BrClN3/c1-19(2)14-13(4-3-7-17-14)18-9-10-5-6-11(16)8-12(10)15/h3-8,18H,9H2,1-2H3. The van der Waals surface area contributed by atoms with Gasteiger partial charge >= 0.3 is 0 Å². The van der Waals surface area contributed by atoms with E-state index >= 15 is 0 Å². The summed E-state index contributed by atoms with van der Waals surface area (Å²) in [6.45, 7) is 0.713. The van der Waals surface area contributed by atoms with Crippen LogP contribution in [0.1, 0.15) is 5.56 Å². The minimum absolute atomic E-state index is 0.713. The van der Waals surface area contributed by atoms with E-state index < -0.39 is 0 Å². The predicted molar refractivity (Wildman–Crippen MR) is 85.0 cm³/mol. The number of hydrogen-bond acceptors (Lipinski definition) is 3. The lowest BCUT2D eigenvalue weighted by Gasteiger charge is -2.17. The van der Waals surface area contributed by atoms with Crippen LogP contribution in [0, 0.1) is 0 Å². The van der Waals surface area contributed by atoms with Crippen LogP contribution in [0.3, 0.4) is 0 Å². The summed E-state index contributed by atoms with van der Waals surface area (Å²) in [5.74, 6) is 0.924. The van der Waals surface area contributed by atoms with E-state index in [1.807, 2.05) is 49.3 Å². The van der Waals surface area contributed by atoms with Crippen LogP contribution >= 0.6 is 27.5 Å². The molecule has 0 spiro atoms. The summed E-state index contributed by atoms with van der Waals surface area (Å²) in [6.07, 6.45) is 1.79. The molecule has 0 amide bonds. The van der Waals surface area contributed by atoms with Crippen LogP contribution in [0.15, 0.2) is 41.0 Å². The first-order valence-electron chi connectivity index (χ1n) is 5.88. The number of pyridine rings is 1. The molecule has 19 heavy (non-hydrogen) atoms. The van der Waals surface area contributed by atoms with Crippen molar-refractivity contribution in [3.63, 3.8) is 0 Å². The first-order chi connectivity index (χ1) is 9.08. The van der Waals surface area contributed by atoms with Crippen molar-refractivity contribution < 1.29 is 0 Å². The van der Waals surface area contributed by atoms with Crippen LogP contribution in [0.2, 0.25) is 5.02 Å². The molecule has 1 heterocycles. The number of nitrogens with one attached hydrogen (secondary N) is 1. The van der Waals surface area contributed by atoms with Crippen molar-refractivity contribution in [2.75, 3.05) is 24.3 Å². The summed E-state index contributed by atoms with van der Waals surface area (Å²) in [6, 6.07) is 9.73. The molecule has 1 N–H and O–H groups in total. The molecule has 2 rings (SSSR count). The molecule has 1 aromatic heterocycles. The zero-order valence-corrected chi connectivity index (χ0v) is 13.2. The highest BCUT2D eigenvalue weighted by Crippen LogP contribution is 2.25. The Bertz CT molecular complexity index is 572. The van der Waals surface area contributed by atoms with Gasteiger partial charge < -0.3 is 10.2 Å². The quantitative estimate of drug-likeness (QED) is 0.905. The second kappa shape index (κ2) is 6.26. The lowest BCUT2D eigenvalue weighted by molar-refractivity contribution is 1.05. The third-order valence-corrected chi connectivity index (χ3v) is 3.67.